The van der Waals surface area contributed by atoms with Gasteiger partial charge in [-0.25, -0.2) is 0 Å². The van der Waals surface area contributed by atoms with Crippen LogP contribution in [0.3, 0.4) is 0 Å². The fraction of sp³-hybridized carbons (Fsp3) is 0.881. The van der Waals surface area contributed by atoms with Gasteiger partial charge in [0.2, 0.25) is 5.91 Å². The molecule has 558 valence electrons. The number of aliphatic hydroxyl groups is 5. The number of carbonyl (C=O) groups is 2. The summed E-state index contributed by atoms with van der Waals surface area (Å²) < 4.78 is 16.8. The number of esters is 1. The lowest BCUT2D eigenvalue weighted by atomic mass is 9.99. The Morgan fingerprint density at radius 1 is 0.389 bits per heavy atom. The minimum absolute atomic E-state index is 0.00771. The monoisotopic (exact) mass is 1340 g/mol. The maximum atomic E-state index is 13.1. The number of amides is 1. The number of nitrogens with one attached hydrogen (secondary N) is 1. The van der Waals surface area contributed by atoms with Crippen molar-refractivity contribution in [3.05, 3.63) is 48.6 Å². The molecule has 0 aromatic carbocycles. The van der Waals surface area contributed by atoms with Crippen LogP contribution >= 0.6 is 0 Å². The second-order valence-corrected chi connectivity index (χ2v) is 28.8. The summed E-state index contributed by atoms with van der Waals surface area (Å²) in [6, 6.07) is -0.808. The van der Waals surface area contributed by atoms with Crippen LogP contribution in [0.4, 0.5) is 0 Å². The first-order valence-corrected chi connectivity index (χ1v) is 41.4. The highest BCUT2D eigenvalue weighted by Crippen LogP contribution is 2.24. The Morgan fingerprint density at radius 2 is 0.705 bits per heavy atom. The van der Waals surface area contributed by atoms with E-state index in [1.165, 1.54) is 321 Å². The van der Waals surface area contributed by atoms with E-state index in [4.69, 9.17) is 14.2 Å². The zero-order chi connectivity index (χ0) is 68.6. The molecule has 11 heteroatoms. The molecule has 1 fully saturated rings. The van der Waals surface area contributed by atoms with E-state index in [2.05, 4.69) is 55.6 Å². The molecule has 0 aromatic rings. The summed E-state index contributed by atoms with van der Waals surface area (Å²) in [7, 11) is 0. The lowest BCUT2D eigenvalue weighted by molar-refractivity contribution is -0.302. The molecule has 7 unspecified atom stereocenters. The molecule has 0 aliphatic carbocycles. The molecule has 11 nitrogen and oxygen atoms in total. The SMILES string of the molecule is CCCCCCCCC/C=C\CCCCCCCC(=O)OCCCCCCCCCCCCCCCCC/C=C\C/C=C\CCCCCCCCCCCCCCCCCCCC(=O)NC(COC1OC(CO)C(O)C(O)C1O)C(O)/C=C/CCCCCCCCCCCC. The Balaban J connectivity index is 1.88. The van der Waals surface area contributed by atoms with Crippen molar-refractivity contribution in [3.63, 3.8) is 0 Å². The van der Waals surface area contributed by atoms with Gasteiger partial charge in [-0.2, -0.15) is 0 Å². The van der Waals surface area contributed by atoms with Crippen LogP contribution in [0.15, 0.2) is 48.6 Å². The van der Waals surface area contributed by atoms with E-state index in [0.29, 0.717) is 19.4 Å². The zero-order valence-corrected chi connectivity index (χ0v) is 62.4. The average molecular weight is 1340 g/mol. The number of carbonyl (C=O) groups excluding carboxylic acids is 2. The molecule has 1 aliphatic rings. The third kappa shape index (κ3) is 61.2. The first-order valence-electron chi connectivity index (χ1n) is 41.4. The molecule has 6 N–H and O–H groups in total. The standard InChI is InChI=1S/C84H157NO10/c1-3-5-7-9-11-13-15-17-18-45-48-52-56-60-64-68-72-80(89)93-73-69-65-61-57-53-49-46-43-41-39-37-35-33-31-29-27-25-23-21-19-20-22-24-26-28-30-32-34-36-38-40-42-44-47-51-55-59-63-67-71-79(88)85-76(75-94-84-83(92)82(91)81(90)78(74-86)95-84)77(87)70-66-62-58-54-50-16-14-12-10-8-6-4-2/h18-20,23,25,45,66,70,76-78,81-84,86-87,90-92H,3-17,21-22,24,26-44,46-65,67-69,71-75H2,1-2H3,(H,85,88)/b20-19-,25-23-,45-18-,70-66+. The highest BCUT2D eigenvalue weighted by Gasteiger charge is 2.44. The zero-order valence-electron chi connectivity index (χ0n) is 62.4. The number of hydrogen-bond acceptors (Lipinski definition) is 10. The van der Waals surface area contributed by atoms with Crippen LogP contribution in [-0.2, 0) is 23.8 Å². The summed E-state index contributed by atoms with van der Waals surface area (Å²) in [6.45, 7) is 4.38. The lowest BCUT2D eigenvalue weighted by Gasteiger charge is -2.40. The fourth-order valence-corrected chi connectivity index (χ4v) is 13.2. The highest BCUT2D eigenvalue weighted by molar-refractivity contribution is 5.76. The van der Waals surface area contributed by atoms with Crippen molar-refractivity contribution in [2.24, 2.45) is 0 Å². The van der Waals surface area contributed by atoms with Gasteiger partial charge in [0.25, 0.3) is 0 Å². The van der Waals surface area contributed by atoms with Crippen molar-refractivity contribution in [1.82, 2.24) is 5.32 Å². The van der Waals surface area contributed by atoms with Crippen LogP contribution in [0, 0.1) is 0 Å². The van der Waals surface area contributed by atoms with Crippen molar-refractivity contribution in [1.29, 1.82) is 0 Å². The molecule has 1 heterocycles. The van der Waals surface area contributed by atoms with Crippen molar-refractivity contribution >= 4 is 11.9 Å². The van der Waals surface area contributed by atoms with Gasteiger partial charge in [-0.05, 0) is 89.9 Å². The quantitative estimate of drug-likeness (QED) is 0.0195. The number of hydrogen-bond donors (Lipinski definition) is 6. The highest BCUT2D eigenvalue weighted by atomic mass is 16.7. The summed E-state index contributed by atoms with van der Waals surface area (Å²) in [5, 5.41) is 54.5. The van der Waals surface area contributed by atoms with Gasteiger partial charge in [0, 0.05) is 12.8 Å². The average Bonchev–Trinajstić information content (AvgIpc) is 0.883. The molecule has 0 saturated carbocycles. The molecule has 7 atom stereocenters. The van der Waals surface area contributed by atoms with Crippen molar-refractivity contribution in [2.45, 2.75) is 455 Å². The van der Waals surface area contributed by atoms with Gasteiger partial charge >= 0.3 is 5.97 Å². The molecule has 0 radical (unpaired) electrons. The van der Waals surface area contributed by atoms with Crippen LogP contribution in [0.1, 0.15) is 412 Å². The van der Waals surface area contributed by atoms with Crippen LogP contribution in [0.25, 0.3) is 0 Å². The number of ether oxygens (including phenoxy) is 3. The van der Waals surface area contributed by atoms with E-state index >= 15 is 0 Å². The van der Waals surface area contributed by atoms with Gasteiger partial charge in [0.15, 0.2) is 6.29 Å². The molecule has 1 rings (SSSR count). The molecule has 95 heavy (non-hydrogen) atoms. The van der Waals surface area contributed by atoms with E-state index in [0.717, 1.165) is 64.2 Å². The first-order chi connectivity index (χ1) is 46.7. The van der Waals surface area contributed by atoms with Gasteiger partial charge in [0.05, 0.1) is 32.0 Å². The molecule has 0 aromatic heterocycles. The third-order valence-electron chi connectivity index (χ3n) is 19.7. The number of allylic oxidation sites excluding steroid dienone is 7. The summed E-state index contributed by atoms with van der Waals surface area (Å²) >= 11 is 0. The third-order valence-corrected chi connectivity index (χ3v) is 19.7. The van der Waals surface area contributed by atoms with E-state index < -0.39 is 49.5 Å². The summed E-state index contributed by atoms with van der Waals surface area (Å²) in [5.41, 5.74) is 0. The van der Waals surface area contributed by atoms with Gasteiger partial charge in [-0.15, -0.1) is 0 Å². The van der Waals surface area contributed by atoms with Gasteiger partial charge in [-0.3, -0.25) is 9.59 Å². The minimum atomic E-state index is -1.57. The summed E-state index contributed by atoms with van der Waals surface area (Å²) in [4.78, 5) is 25.2. The molecule has 1 saturated heterocycles. The second kappa shape index (κ2) is 72.9. The van der Waals surface area contributed by atoms with E-state index in [9.17, 15) is 35.1 Å². The summed E-state index contributed by atoms with van der Waals surface area (Å²) in [6.07, 6.45) is 87.3. The lowest BCUT2D eigenvalue weighted by Crippen LogP contribution is -2.60. The Kier molecular flexibility index (Phi) is 69.5. The Morgan fingerprint density at radius 3 is 1.07 bits per heavy atom. The van der Waals surface area contributed by atoms with Crippen molar-refractivity contribution in [2.75, 3.05) is 19.8 Å². The molecule has 1 amide bonds. The summed E-state index contributed by atoms with van der Waals surface area (Å²) in [5.74, 6) is -0.169. The Bertz CT molecular complexity index is 1720. The maximum absolute atomic E-state index is 13.1. The predicted molar refractivity (Wildman–Crippen MR) is 403 cm³/mol. The normalized spacial score (nSPS) is 17.6. The molecule has 0 bridgehead atoms. The molecular weight excluding hydrogens is 1180 g/mol. The number of unbranched alkanes of at least 4 members (excludes halogenated alkanes) is 54. The fourth-order valence-electron chi connectivity index (χ4n) is 13.2. The molecule has 1 aliphatic heterocycles. The minimum Gasteiger partial charge on any atom is -0.466 e. The van der Waals surface area contributed by atoms with Crippen LogP contribution in [0.5, 0.6) is 0 Å². The number of aliphatic hydroxyl groups excluding tert-OH is 5. The molecule has 0 spiro atoms. The molecular formula is C84H157NO10. The predicted octanol–water partition coefficient (Wildman–Crippen LogP) is 22.6. The van der Waals surface area contributed by atoms with Crippen LogP contribution in [0.2, 0.25) is 0 Å². The Labute approximate surface area is 586 Å². The van der Waals surface area contributed by atoms with Gasteiger partial charge in [-0.1, -0.05) is 358 Å². The smallest absolute Gasteiger partial charge is 0.305 e. The van der Waals surface area contributed by atoms with Crippen molar-refractivity contribution in [3.8, 4) is 0 Å². The topological polar surface area (TPSA) is 175 Å². The Hall–Kier alpha value is -2.38. The largest absolute Gasteiger partial charge is 0.466 e. The van der Waals surface area contributed by atoms with Crippen LogP contribution in [-0.4, -0.2) is 100 Å². The maximum Gasteiger partial charge on any atom is 0.305 e. The van der Waals surface area contributed by atoms with E-state index in [-0.39, 0.29) is 18.5 Å². The van der Waals surface area contributed by atoms with Gasteiger partial charge in [0.1, 0.15) is 24.4 Å². The second-order valence-electron chi connectivity index (χ2n) is 28.8. The van der Waals surface area contributed by atoms with Crippen molar-refractivity contribution < 1.29 is 49.3 Å². The van der Waals surface area contributed by atoms with E-state index in [1.54, 1.807) is 6.08 Å². The van der Waals surface area contributed by atoms with Gasteiger partial charge < -0.3 is 45.1 Å². The first kappa shape index (κ1) is 90.6. The number of rotatable bonds is 74. The van der Waals surface area contributed by atoms with Crippen LogP contribution < -0.4 is 5.32 Å². The van der Waals surface area contributed by atoms with E-state index in [1.807, 2.05) is 6.08 Å².